The van der Waals surface area contributed by atoms with Gasteiger partial charge in [0.25, 0.3) is 0 Å². The average molecular weight is 261 g/mol. The Kier molecular flexibility index (Phi) is 4.87. The number of hydrogen-bond donors (Lipinski definition) is 1. The number of carbonyl (C=O) groups is 2. The van der Waals surface area contributed by atoms with Crippen LogP contribution in [-0.4, -0.2) is 35.5 Å². The van der Waals surface area contributed by atoms with Gasteiger partial charge in [0.05, 0.1) is 5.41 Å². The Balaban J connectivity index is 2.99. The van der Waals surface area contributed by atoms with E-state index < -0.39 is 11.4 Å². The SMILES string of the molecule is C=CCN(C)C(=O)CC(C)(C(=O)O)c1ccccc1. The van der Waals surface area contributed by atoms with Crippen LogP contribution in [0.15, 0.2) is 43.0 Å². The van der Waals surface area contributed by atoms with Crippen molar-refractivity contribution in [1.29, 1.82) is 0 Å². The molecule has 0 saturated heterocycles. The van der Waals surface area contributed by atoms with Crippen molar-refractivity contribution in [2.75, 3.05) is 13.6 Å². The minimum Gasteiger partial charge on any atom is -0.481 e. The Bertz CT molecular complexity index is 470. The van der Waals surface area contributed by atoms with E-state index in [-0.39, 0.29) is 12.3 Å². The van der Waals surface area contributed by atoms with Crippen molar-refractivity contribution in [2.45, 2.75) is 18.8 Å². The van der Waals surface area contributed by atoms with E-state index in [1.54, 1.807) is 44.3 Å². The number of carbonyl (C=O) groups excluding carboxylic acids is 1. The average Bonchev–Trinajstić information content (AvgIpc) is 2.39. The Labute approximate surface area is 113 Å². The summed E-state index contributed by atoms with van der Waals surface area (Å²) in [6.45, 7) is 5.54. The standard InChI is InChI=1S/C15H19NO3/c1-4-10-16(3)13(17)11-15(2,14(18)19)12-8-6-5-7-9-12/h4-9H,1,10-11H2,2-3H3,(H,18,19). The van der Waals surface area contributed by atoms with Crippen molar-refractivity contribution in [2.24, 2.45) is 0 Å². The molecule has 4 heteroatoms. The minimum atomic E-state index is -1.21. The first kappa shape index (κ1) is 15.0. The van der Waals surface area contributed by atoms with Gasteiger partial charge in [-0.25, -0.2) is 0 Å². The molecule has 1 N–H and O–H groups in total. The molecule has 1 aromatic rings. The quantitative estimate of drug-likeness (QED) is 0.797. The summed E-state index contributed by atoms with van der Waals surface area (Å²) in [4.78, 5) is 25.1. The Hall–Kier alpha value is -2.10. The Morgan fingerprint density at radius 3 is 2.42 bits per heavy atom. The van der Waals surface area contributed by atoms with Crippen LogP contribution in [0.1, 0.15) is 18.9 Å². The molecule has 0 saturated carbocycles. The monoisotopic (exact) mass is 261 g/mol. The lowest BCUT2D eigenvalue weighted by Crippen LogP contribution is -2.39. The molecule has 1 aromatic carbocycles. The molecular formula is C15H19NO3. The summed E-state index contributed by atoms with van der Waals surface area (Å²) < 4.78 is 0. The topological polar surface area (TPSA) is 57.6 Å². The van der Waals surface area contributed by atoms with Crippen molar-refractivity contribution < 1.29 is 14.7 Å². The van der Waals surface area contributed by atoms with E-state index in [0.717, 1.165) is 0 Å². The van der Waals surface area contributed by atoms with Gasteiger partial charge in [0.15, 0.2) is 0 Å². The van der Waals surface area contributed by atoms with E-state index in [1.807, 2.05) is 6.07 Å². The van der Waals surface area contributed by atoms with Crippen LogP contribution in [-0.2, 0) is 15.0 Å². The van der Waals surface area contributed by atoms with E-state index in [0.29, 0.717) is 12.1 Å². The summed E-state index contributed by atoms with van der Waals surface area (Å²) in [7, 11) is 1.64. The van der Waals surface area contributed by atoms with Gasteiger partial charge >= 0.3 is 5.97 Å². The molecule has 102 valence electrons. The maximum absolute atomic E-state index is 12.0. The van der Waals surface area contributed by atoms with Gasteiger partial charge in [-0.05, 0) is 12.5 Å². The van der Waals surface area contributed by atoms with Gasteiger partial charge in [-0.2, -0.15) is 0 Å². The highest BCUT2D eigenvalue weighted by Gasteiger charge is 2.38. The third-order valence-electron chi connectivity index (χ3n) is 3.22. The molecule has 19 heavy (non-hydrogen) atoms. The van der Waals surface area contributed by atoms with Crippen LogP contribution in [0.3, 0.4) is 0 Å². The van der Waals surface area contributed by atoms with Gasteiger partial charge in [-0.1, -0.05) is 36.4 Å². The fourth-order valence-corrected chi connectivity index (χ4v) is 1.84. The number of rotatable bonds is 6. The minimum absolute atomic E-state index is 0.0727. The molecular weight excluding hydrogens is 242 g/mol. The largest absolute Gasteiger partial charge is 0.481 e. The molecule has 0 fully saturated rings. The van der Waals surface area contributed by atoms with Crippen molar-refractivity contribution in [3.8, 4) is 0 Å². The lowest BCUT2D eigenvalue weighted by Gasteiger charge is -2.27. The van der Waals surface area contributed by atoms with Gasteiger partial charge < -0.3 is 10.0 Å². The Morgan fingerprint density at radius 2 is 1.95 bits per heavy atom. The van der Waals surface area contributed by atoms with Crippen LogP contribution >= 0.6 is 0 Å². The van der Waals surface area contributed by atoms with Gasteiger partial charge in [-0.3, -0.25) is 9.59 Å². The zero-order valence-electron chi connectivity index (χ0n) is 11.3. The zero-order chi connectivity index (χ0) is 14.5. The molecule has 1 unspecified atom stereocenters. The number of amides is 1. The third-order valence-corrected chi connectivity index (χ3v) is 3.22. The second kappa shape index (κ2) is 6.18. The molecule has 1 amide bonds. The molecule has 0 radical (unpaired) electrons. The third kappa shape index (κ3) is 3.44. The zero-order valence-corrected chi connectivity index (χ0v) is 11.3. The van der Waals surface area contributed by atoms with Crippen molar-refractivity contribution in [3.05, 3.63) is 48.6 Å². The molecule has 0 heterocycles. The maximum Gasteiger partial charge on any atom is 0.314 e. The number of nitrogens with zero attached hydrogens (tertiary/aromatic N) is 1. The lowest BCUT2D eigenvalue weighted by molar-refractivity contribution is -0.147. The second-order valence-electron chi connectivity index (χ2n) is 4.74. The summed E-state index contributed by atoms with van der Waals surface area (Å²) >= 11 is 0. The van der Waals surface area contributed by atoms with Crippen molar-refractivity contribution in [1.82, 2.24) is 4.90 Å². The molecule has 1 rings (SSSR count). The first-order valence-corrected chi connectivity index (χ1v) is 6.05. The van der Waals surface area contributed by atoms with Crippen LogP contribution in [0.2, 0.25) is 0 Å². The second-order valence-corrected chi connectivity index (χ2v) is 4.74. The van der Waals surface area contributed by atoms with Gasteiger partial charge in [-0.15, -0.1) is 6.58 Å². The lowest BCUT2D eigenvalue weighted by atomic mass is 9.79. The number of carboxylic acid groups (broad SMARTS) is 1. The van der Waals surface area contributed by atoms with Gasteiger partial charge in [0.2, 0.25) is 5.91 Å². The summed E-state index contributed by atoms with van der Waals surface area (Å²) in [5.74, 6) is -1.22. The van der Waals surface area contributed by atoms with Gasteiger partial charge in [0.1, 0.15) is 0 Å². The molecule has 0 aliphatic heterocycles. The first-order chi connectivity index (χ1) is 8.91. The number of likely N-dealkylation sites (N-methyl/N-ethyl adjacent to an activating group) is 1. The predicted octanol–water partition coefficient (Wildman–Crippen LogP) is 2.06. The number of hydrogen-bond acceptors (Lipinski definition) is 2. The molecule has 0 aromatic heterocycles. The van der Waals surface area contributed by atoms with Crippen LogP contribution < -0.4 is 0 Å². The van der Waals surface area contributed by atoms with Crippen LogP contribution in [0.4, 0.5) is 0 Å². The fourth-order valence-electron chi connectivity index (χ4n) is 1.84. The molecule has 0 spiro atoms. The summed E-state index contributed by atoms with van der Waals surface area (Å²) in [6, 6.07) is 8.82. The van der Waals surface area contributed by atoms with E-state index in [2.05, 4.69) is 6.58 Å². The van der Waals surface area contributed by atoms with Crippen molar-refractivity contribution in [3.63, 3.8) is 0 Å². The number of carboxylic acids is 1. The summed E-state index contributed by atoms with van der Waals surface area (Å²) in [5, 5.41) is 9.46. The molecule has 4 nitrogen and oxygen atoms in total. The Morgan fingerprint density at radius 1 is 1.37 bits per heavy atom. The summed E-state index contributed by atoms with van der Waals surface area (Å²) in [6.07, 6.45) is 1.54. The highest BCUT2D eigenvalue weighted by molar-refractivity contribution is 5.89. The van der Waals surface area contributed by atoms with E-state index in [1.165, 1.54) is 4.90 Å². The van der Waals surface area contributed by atoms with Crippen molar-refractivity contribution >= 4 is 11.9 Å². The smallest absolute Gasteiger partial charge is 0.314 e. The van der Waals surface area contributed by atoms with E-state index >= 15 is 0 Å². The van der Waals surface area contributed by atoms with Crippen LogP contribution in [0, 0.1) is 0 Å². The van der Waals surface area contributed by atoms with Gasteiger partial charge in [0, 0.05) is 20.0 Å². The maximum atomic E-state index is 12.0. The van der Waals surface area contributed by atoms with E-state index in [9.17, 15) is 14.7 Å². The molecule has 0 bridgehead atoms. The molecule has 0 aliphatic carbocycles. The number of benzene rings is 1. The normalized spacial score (nSPS) is 13.4. The molecule has 0 aliphatic rings. The molecule has 1 atom stereocenters. The fraction of sp³-hybridized carbons (Fsp3) is 0.333. The number of aliphatic carboxylic acids is 1. The summed E-state index contributed by atoms with van der Waals surface area (Å²) in [5.41, 5.74) is -0.587. The highest BCUT2D eigenvalue weighted by Crippen LogP contribution is 2.28. The highest BCUT2D eigenvalue weighted by atomic mass is 16.4. The predicted molar refractivity (Wildman–Crippen MR) is 73.9 cm³/mol. The van der Waals surface area contributed by atoms with Crippen LogP contribution in [0.5, 0.6) is 0 Å². The van der Waals surface area contributed by atoms with E-state index in [4.69, 9.17) is 0 Å². The van der Waals surface area contributed by atoms with Crippen LogP contribution in [0.25, 0.3) is 0 Å². The first-order valence-electron chi connectivity index (χ1n) is 6.05.